The molecule has 0 radical (unpaired) electrons. The molecule has 1 aromatic rings. The van der Waals surface area contributed by atoms with E-state index >= 15 is 0 Å². The third-order valence-corrected chi connectivity index (χ3v) is 4.05. The van der Waals surface area contributed by atoms with Gasteiger partial charge in [0, 0.05) is 37.7 Å². The van der Waals surface area contributed by atoms with Crippen molar-refractivity contribution >= 4 is 17.5 Å². The summed E-state index contributed by atoms with van der Waals surface area (Å²) in [5, 5.41) is 2.90. The van der Waals surface area contributed by atoms with Crippen LogP contribution >= 0.6 is 0 Å². The Kier molecular flexibility index (Phi) is 8.09. The molecule has 0 aliphatic rings. The largest absolute Gasteiger partial charge is 0.493 e. The number of nitrogens with zero attached hydrogens (tertiary/aromatic N) is 1. The van der Waals surface area contributed by atoms with E-state index in [9.17, 15) is 9.59 Å². The van der Waals surface area contributed by atoms with Gasteiger partial charge in [0.1, 0.15) is 0 Å². The number of carbonyl (C=O) groups is 2. The molecule has 0 bridgehead atoms. The quantitative estimate of drug-likeness (QED) is 0.753. The first-order valence-electron chi connectivity index (χ1n) is 8.26. The molecule has 0 aliphatic heterocycles. The molecular formula is C18H28N2O4. The van der Waals surface area contributed by atoms with Gasteiger partial charge >= 0.3 is 0 Å². The number of hydrogen-bond acceptors (Lipinski definition) is 4. The van der Waals surface area contributed by atoms with Crippen LogP contribution in [-0.2, 0) is 9.59 Å². The second-order valence-electron chi connectivity index (χ2n) is 5.51. The smallest absolute Gasteiger partial charge is 0.223 e. The average molecular weight is 336 g/mol. The molecule has 0 aromatic heterocycles. The molecule has 1 rings (SSSR count). The Hall–Kier alpha value is -2.24. The van der Waals surface area contributed by atoms with Gasteiger partial charge in [-0.2, -0.15) is 0 Å². The Morgan fingerprint density at radius 1 is 1.12 bits per heavy atom. The molecule has 2 amide bonds. The Morgan fingerprint density at radius 2 is 1.75 bits per heavy atom. The normalized spacial score (nSPS) is 10.4. The Balaban J connectivity index is 2.78. The van der Waals surface area contributed by atoms with E-state index in [1.807, 2.05) is 13.8 Å². The van der Waals surface area contributed by atoms with Crippen molar-refractivity contribution < 1.29 is 19.1 Å². The van der Waals surface area contributed by atoms with Crippen molar-refractivity contribution in [3.63, 3.8) is 0 Å². The van der Waals surface area contributed by atoms with Crippen molar-refractivity contribution in [2.24, 2.45) is 5.92 Å². The number of carbonyl (C=O) groups excluding carboxylic acids is 2. The molecular weight excluding hydrogens is 308 g/mol. The Bertz CT molecular complexity index is 556. The van der Waals surface area contributed by atoms with Gasteiger partial charge in [0.15, 0.2) is 11.5 Å². The van der Waals surface area contributed by atoms with Crippen LogP contribution in [-0.4, -0.2) is 39.1 Å². The summed E-state index contributed by atoms with van der Waals surface area (Å²) in [7, 11) is 3.11. The maximum atomic E-state index is 12.0. The summed E-state index contributed by atoms with van der Waals surface area (Å²) in [6.45, 7) is 6.30. The fourth-order valence-corrected chi connectivity index (χ4v) is 2.56. The molecule has 6 heteroatoms. The highest BCUT2D eigenvalue weighted by molar-refractivity contribution is 5.92. The van der Waals surface area contributed by atoms with E-state index in [0.717, 1.165) is 12.8 Å². The zero-order valence-corrected chi connectivity index (χ0v) is 15.2. The number of rotatable bonds is 9. The van der Waals surface area contributed by atoms with E-state index in [4.69, 9.17) is 9.47 Å². The monoisotopic (exact) mass is 336 g/mol. The van der Waals surface area contributed by atoms with Crippen molar-refractivity contribution in [1.29, 1.82) is 0 Å². The third kappa shape index (κ3) is 5.15. The summed E-state index contributed by atoms with van der Waals surface area (Å²) >= 11 is 0. The fraction of sp³-hybridized carbons (Fsp3) is 0.556. The van der Waals surface area contributed by atoms with Crippen LogP contribution in [0.5, 0.6) is 11.5 Å². The van der Waals surface area contributed by atoms with Crippen LogP contribution < -0.4 is 19.7 Å². The van der Waals surface area contributed by atoms with Gasteiger partial charge in [0.05, 0.1) is 14.2 Å². The van der Waals surface area contributed by atoms with E-state index in [1.165, 1.54) is 6.92 Å². The van der Waals surface area contributed by atoms with E-state index in [-0.39, 0.29) is 17.7 Å². The van der Waals surface area contributed by atoms with Crippen molar-refractivity contribution in [1.82, 2.24) is 5.32 Å². The van der Waals surface area contributed by atoms with Gasteiger partial charge in [0.25, 0.3) is 0 Å². The molecule has 0 aliphatic carbocycles. The van der Waals surface area contributed by atoms with Gasteiger partial charge in [0.2, 0.25) is 11.8 Å². The summed E-state index contributed by atoms with van der Waals surface area (Å²) in [6.07, 6.45) is 1.63. The van der Waals surface area contributed by atoms with E-state index < -0.39 is 0 Å². The number of amides is 2. The number of nitrogens with one attached hydrogen (secondary N) is 1. The standard InChI is InChI=1S/C18H28N2O4/c1-6-14(7-2)18(22)19-10-11-20(13(3)21)15-8-9-16(23-4)17(12-15)24-5/h8-9,12,14H,6-7,10-11H2,1-5H3,(H,19,22). The number of methoxy groups -OCH3 is 2. The van der Waals surface area contributed by atoms with Crippen molar-refractivity contribution in [2.75, 3.05) is 32.2 Å². The highest BCUT2D eigenvalue weighted by Crippen LogP contribution is 2.31. The Morgan fingerprint density at radius 3 is 2.25 bits per heavy atom. The minimum Gasteiger partial charge on any atom is -0.493 e. The first-order chi connectivity index (χ1) is 11.5. The highest BCUT2D eigenvalue weighted by Gasteiger charge is 2.17. The van der Waals surface area contributed by atoms with E-state index in [1.54, 1.807) is 37.3 Å². The summed E-state index contributed by atoms with van der Waals surface area (Å²) in [4.78, 5) is 25.6. The van der Waals surface area contributed by atoms with Crippen LogP contribution in [0.15, 0.2) is 18.2 Å². The lowest BCUT2D eigenvalue weighted by Crippen LogP contribution is -2.39. The van der Waals surface area contributed by atoms with Gasteiger partial charge in [-0.3, -0.25) is 9.59 Å². The lowest BCUT2D eigenvalue weighted by Gasteiger charge is -2.23. The molecule has 0 saturated heterocycles. The number of benzene rings is 1. The SMILES string of the molecule is CCC(CC)C(=O)NCCN(C(C)=O)c1ccc(OC)c(OC)c1. The van der Waals surface area contributed by atoms with Crippen LogP contribution in [0.3, 0.4) is 0 Å². The van der Waals surface area contributed by atoms with Crippen LogP contribution in [0.1, 0.15) is 33.6 Å². The summed E-state index contributed by atoms with van der Waals surface area (Å²) in [6, 6.07) is 5.31. The minimum atomic E-state index is -0.0981. The van der Waals surface area contributed by atoms with Crippen LogP contribution in [0.2, 0.25) is 0 Å². The molecule has 0 atom stereocenters. The molecule has 24 heavy (non-hydrogen) atoms. The Labute approximate surface area is 144 Å². The van der Waals surface area contributed by atoms with Gasteiger partial charge in [-0.15, -0.1) is 0 Å². The molecule has 0 heterocycles. The van der Waals surface area contributed by atoms with Crippen molar-refractivity contribution in [3.8, 4) is 11.5 Å². The molecule has 0 spiro atoms. The van der Waals surface area contributed by atoms with Gasteiger partial charge < -0.3 is 19.7 Å². The van der Waals surface area contributed by atoms with E-state index in [0.29, 0.717) is 30.3 Å². The second-order valence-corrected chi connectivity index (χ2v) is 5.51. The number of hydrogen-bond donors (Lipinski definition) is 1. The average Bonchev–Trinajstić information content (AvgIpc) is 2.58. The molecule has 6 nitrogen and oxygen atoms in total. The first-order valence-corrected chi connectivity index (χ1v) is 8.26. The number of ether oxygens (including phenoxy) is 2. The molecule has 0 unspecified atom stereocenters. The van der Waals surface area contributed by atoms with Gasteiger partial charge in [-0.05, 0) is 25.0 Å². The molecule has 1 aromatic carbocycles. The van der Waals surface area contributed by atoms with Crippen molar-refractivity contribution in [2.45, 2.75) is 33.6 Å². The lowest BCUT2D eigenvalue weighted by atomic mass is 10.0. The lowest BCUT2D eigenvalue weighted by molar-refractivity contribution is -0.125. The third-order valence-electron chi connectivity index (χ3n) is 4.05. The van der Waals surface area contributed by atoms with Crippen LogP contribution in [0, 0.1) is 5.92 Å². The maximum Gasteiger partial charge on any atom is 0.223 e. The predicted molar refractivity (Wildman–Crippen MR) is 94.7 cm³/mol. The molecule has 0 fully saturated rings. The highest BCUT2D eigenvalue weighted by atomic mass is 16.5. The summed E-state index contributed by atoms with van der Waals surface area (Å²) in [5.41, 5.74) is 0.705. The second kappa shape index (κ2) is 9.80. The van der Waals surface area contributed by atoms with Gasteiger partial charge in [-0.25, -0.2) is 0 Å². The predicted octanol–water partition coefficient (Wildman–Crippen LogP) is 2.61. The summed E-state index contributed by atoms with van der Waals surface area (Å²) in [5.74, 6) is 1.13. The first kappa shape index (κ1) is 19.8. The van der Waals surface area contributed by atoms with Crippen LogP contribution in [0.4, 0.5) is 5.69 Å². The van der Waals surface area contributed by atoms with E-state index in [2.05, 4.69) is 5.32 Å². The topological polar surface area (TPSA) is 67.9 Å². The molecule has 0 saturated carbocycles. The molecule has 1 N–H and O–H groups in total. The zero-order chi connectivity index (χ0) is 18.1. The number of anilines is 1. The van der Waals surface area contributed by atoms with Crippen molar-refractivity contribution in [3.05, 3.63) is 18.2 Å². The fourth-order valence-electron chi connectivity index (χ4n) is 2.56. The maximum absolute atomic E-state index is 12.0. The minimum absolute atomic E-state index is 0.0249. The van der Waals surface area contributed by atoms with Gasteiger partial charge in [-0.1, -0.05) is 13.8 Å². The summed E-state index contributed by atoms with van der Waals surface area (Å²) < 4.78 is 10.5. The zero-order valence-electron chi connectivity index (χ0n) is 15.2. The van der Waals surface area contributed by atoms with Crippen LogP contribution in [0.25, 0.3) is 0 Å². The molecule has 134 valence electrons.